The molecule has 6 heteroatoms. The third-order valence-corrected chi connectivity index (χ3v) is 3.15. The lowest BCUT2D eigenvalue weighted by Crippen LogP contribution is -2.41. The molecule has 0 rings (SSSR count). The molecule has 0 saturated carbocycles. The third-order valence-electron chi connectivity index (χ3n) is 3.15. The Morgan fingerprint density at radius 1 is 1.24 bits per heavy atom. The molecule has 0 saturated heterocycles. The molecule has 0 bridgehead atoms. The minimum atomic E-state index is -1.17. The lowest BCUT2D eigenvalue weighted by molar-refractivity contribution is -0.141. The molecule has 21 heavy (non-hydrogen) atoms. The summed E-state index contributed by atoms with van der Waals surface area (Å²) in [6.45, 7) is 3.79. The van der Waals surface area contributed by atoms with Crippen molar-refractivity contribution in [2.45, 2.75) is 64.8 Å². The number of carbonyl (C=O) groups excluding carboxylic acids is 2. The van der Waals surface area contributed by atoms with Crippen LogP contribution in [-0.4, -0.2) is 28.9 Å². The molecular weight excluding hydrogens is 272 g/mol. The molecule has 0 heterocycles. The number of nitrogens with two attached hydrogens (primary N) is 1. The fraction of sp³-hybridized carbons (Fsp3) is 0.667. The maximum Gasteiger partial charge on any atom is 0.326 e. The van der Waals surface area contributed by atoms with E-state index >= 15 is 0 Å². The van der Waals surface area contributed by atoms with Crippen molar-refractivity contribution in [3.05, 3.63) is 11.6 Å². The van der Waals surface area contributed by atoms with Crippen molar-refractivity contribution in [1.29, 1.82) is 0 Å². The fourth-order valence-electron chi connectivity index (χ4n) is 1.80. The van der Waals surface area contributed by atoms with E-state index in [4.69, 9.17) is 10.8 Å². The molecule has 0 fully saturated rings. The van der Waals surface area contributed by atoms with Gasteiger partial charge >= 0.3 is 5.97 Å². The van der Waals surface area contributed by atoms with Crippen molar-refractivity contribution in [1.82, 2.24) is 5.32 Å². The van der Waals surface area contributed by atoms with E-state index in [0.29, 0.717) is 5.57 Å². The van der Waals surface area contributed by atoms with Gasteiger partial charge in [-0.1, -0.05) is 32.3 Å². The van der Waals surface area contributed by atoms with Gasteiger partial charge in [0.25, 0.3) is 0 Å². The van der Waals surface area contributed by atoms with Gasteiger partial charge in [0.05, 0.1) is 0 Å². The number of aliphatic carboxylic acids is 1. The summed E-state index contributed by atoms with van der Waals surface area (Å²) in [5.74, 6) is -2.17. The van der Waals surface area contributed by atoms with Crippen molar-refractivity contribution < 1.29 is 19.5 Å². The van der Waals surface area contributed by atoms with Gasteiger partial charge in [-0.15, -0.1) is 0 Å². The number of nitrogens with one attached hydrogen (secondary N) is 1. The van der Waals surface area contributed by atoms with Gasteiger partial charge in [-0.25, -0.2) is 4.79 Å². The van der Waals surface area contributed by atoms with Gasteiger partial charge in [-0.05, 0) is 26.2 Å². The molecule has 0 aliphatic carbocycles. The number of carboxylic acid groups (broad SMARTS) is 1. The largest absolute Gasteiger partial charge is 0.480 e. The molecular formula is C15H26N2O4. The van der Waals surface area contributed by atoms with E-state index in [-0.39, 0.29) is 12.8 Å². The molecule has 0 spiro atoms. The number of carbonyl (C=O) groups is 3. The summed E-state index contributed by atoms with van der Waals surface area (Å²) in [5.41, 5.74) is 5.48. The molecule has 2 amide bonds. The molecule has 0 aliphatic heterocycles. The standard InChI is InChI=1S/C15H26N2O4/c1-3-4-5-6-7-8-11(2)14(19)17-12(15(20)21)9-10-13(16)18/h8,12H,3-7,9-10H2,1-2H3,(H2,16,18)(H,17,19)(H,20,21)/b11-8+. The average Bonchev–Trinajstić information content (AvgIpc) is 2.42. The molecule has 0 aromatic heterocycles. The Bertz CT molecular complexity index is 391. The highest BCUT2D eigenvalue weighted by Crippen LogP contribution is 2.06. The van der Waals surface area contributed by atoms with E-state index in [2.05, 4.69) is 12.2 Å². The SMILES string of the molecule is CCCCCC/C=C(\C)C(=O)NC(CCC(N)=O)C(=O)O. The minimum Gasteiger partial charge on any atom is -0.480 e. The van der Waals surface area contributed by atoms with E-state index in [1.165, 1.54) is 6.42 Å². The van der Waals surface area contributed by atoms with Gasteiger partial charge in [0.2, 0.25) is 11.8 Å². The number of hydrogen-bond donors (Lipinski definition) is 3. The first-order chi connectivity index (χ1) is 9.88. The van der Waals surface area contributed by atoms with Crippen LogP contribution in [0.4, 0.5) is 0 Å². The first kappa shape index (κ1) is 19.1. The van der Waals surface area contributed by atoms with Crippen LogP contribution in [0.1, 0.15) is 58.8 Å². The van der Waals surface area contributed by atoms with Crippen LogP contribution in [0.3, 0.4) is 0 Å². The van der Waals surface area contributed by atoms with Gasteiger partial charge in [0.1, 0.15) is 6.04 Å². The zero-order valence-electron chi connectivity index (χ0n) is 12.9. The number of hydrogen-bond acceptors (Lipinski definition) is 3. The Morgan fingerprint density at radius 2 is 1.90 bits per heavy atom. The Morgan fingerprint density at radius 3 is 2.43 bits per heavy atom. The van der Waals surface area contributed by atoms with Crippen molar-refractivity contribution in [3.63, 3.8) is 0 Å². The monoisotopic (exact) mass is 298 g/mol. The van der Waals surface area contributed by atoms with Crippen LogP contribution in [-0.2, 0) is 14.4 Å². The van der Waals surface area contributed by atoms with E-state index in [0.717, 1.165) is 25.7 Å². The Labute approximate surface area is 125 Å². The quantitative estimate of drug-likeness (QED) is 0.398. The number of amides is 2. The summed E-state index contributed by atoms with van der Waals surface area (Å²) in [4.78, 5) is 33.6. The van der Waals surface area contributed by atoms with Crippen LogP contribution in [0.2, 0.25) is 0 Å². The molecule has 6 nitrogen and oxygen atoms in total. The summed E-state index contributed by atoms with van der Waals surface area (Å²) >= 11 is 0. The zero-order valence-corrected chi connectivity index (χ0v) is 12.9. The average molecular weight is 298 g/mol. The van der Waals surface area contributed by atoms with E-state index in [9.17, 15) is 14.4 Å². The maximum atomic E-state index is 11.9. The number of allylic oxidation sites excluding steroid dienone is 1. The second-order valence-electron chi connectivity index (χ2n) is 5.11. The smallest absolute Gasteiger partial charge is 0.326 e. The lowest BCUT2D eigenvalue weighted by atomic mass is 10.1. The molecule has 4 N–H and O–H groups in total. The Hall–Kier alpha value is -1.85. The summed E-state index contributed by atoms with van der Waals surface area (Å²) in [6.07, 6.45) is 7.02. The number of unbranched alkanes of at least 4 members (excludes halogenated alkanes) is 4. The predicted octanol–water partition coefficient (Wildman–Crippen LogP) is 1.74. The molecule has 1 atom stereocenters. The van der Waals surface area contributed by atoms with Gasteiger partial charge in [-0.2, -0.15) is 0 Å². The van der Waals surface area contributed by atoms with Crippen molar-refractivity contribution in [2.24, 2.45) is 5.73 Å². The van der Waals surface area contributed by atoms with Crippen LogP contribution in [0.5, 0.6) is 0 Å². The molecule has 120 valence electrons. The van der Waals surface area contributed by atoms with Crippen molar-refractivity contribution in [3.8, 4) is 0 Å². The van der Waals surface area contributed by atoms with Crippen molar-refractivity contribution in [2.75, 3.05) is 0 Å². The topological polar surface area (TPSA) is 109 Å². The van der Waals surface area contributed by atoms with E-state index in [1.807, 2.05) is 6.08 Å². The lowest BCUT2D eigenvalue weighted by Gasteiger charge is -2.13. The molecule has 0 radical (unpaired) electrons. The minimum absolute atomic E-state index is 0.000185. The molecule has 1 unspecified atom stereocenters. The first-order valence-electron chi connectivity index (χ1n) is 7.37. The highest BCUT2D eigenvalue weighted by molar-refractivity contribution is 5.95. The normalized spacial score (nSPS) is 12.8. The highest BCUT2D eigenvalue weighted by atomic mass is 16.4. The number of primary amides is 1. The summed E-state index contributed by atoms with van der Waals surface area (Å²) in [5, 5.41) is 11.4. The second-order valence-corrected chi connectivity index (χ2v) is 5.11. The van der Waals surface area contributed by atoms with Crippen LogP contribution >= 0.6 is 0 Å². The molecule has 0 aromatic rings. The number of carboxylic acids is 1. The van der Waals surface area contributed by atoms with Crippen LogP contribution in [0, 0.1) is 0 Å². The van der Waals surface area contributed by atoms with Gasteiger partial charge in [0, 0.05) is 12.0 Å². The second kappa shape index (κ2) is 10.9. The highest BCUT2D eigenvalue weighted by Gasteiger charge is 2.20. The van der Waals surface area contributed by atoms with Crippen LogP contribution in [0.25, 0.3) is 0 Å². The third kappa shape index (κ3) is 9.65. The fourth-order valence-corrected chi connectivity index (χ4v) is 1.80. The Kier molecular flexibility index (Phi) is 9.92. The van der Waals surface area contributed by atoms with Crippen LogP contribution < -0.4 is 11.1 Å². The van der Waals surface area contributed by atoms with Crippen molar-refractivity contribution >= 4 is 17.8 Å². The Balaban J connectivity index is 4.30. The summed E-state index contributed by atoms with van der Waals surface area (Å²) < 4.78 is 0. The van der Waals surface area contributed by atoms with Gasteiger partial charge in [-0.3, -0.25) is 9.59 Å². The molecule has 0 aromatic carbocycles. The summed E-state index contributed by atoms with van der Waals surface area (Å²) in [7, 11) is 0. The maximum absolute atomic E-state index is 11.9. The van der Waals surface area contributed by atoms with E-state index in [1.54, 1.807) is 6.92 Å². The van der Waals surface area contributed by atoms with E-state index < -0.39 is 23.8 Å². The number of rotatable bonds is 11. The predicted molar refractivity (Wildman–Crippen MR) is 80.5 cm³/mol. The molecule has 0 aliphatic rings. The zero-order chi connectivity index (χ0) is 16.3. The first-order valence-corrected chi connectivity index (χ1v) is 7.37. The summed E-state index contributed by atoms with van der Waals surface area (Å²) in [6, 6.07) is -1.09. The van der Waals surface area contributed by atoms with Gasteiger partial charge < -0.3 is 16.2 Å². The van der Waals surface area contributed by atoms with Gasteiger partial charge in [0.15, 0.2) is 0 Å². The van der Waals surface area contributed by atoms with Crippen LogP contribution in [0.15, 0.2) is 11.6 Å².